The minimum absolute atomic E-state index is 0.436. The summed E-state index contributed by atoms with van der Waals surface area (Å²) in [5, 5.41) is 8.58. The zero-order valence-electron chi connectivity index (χ0n) is 9.77. The fourth-order valence-electron chi connectivity index (χ4n) is 1.59. The van der Waals surface area contributed by atoms with Crippen molar-refractivity contribution in [2.45, 2.75) is 13.0 Å². The molecule has 0 spiro atoms. The highest BCUT2D eigenvalue weighted by molar-refractivity contribution is 9.10. The van der Waals surface area contributed by atoms with E-state index < -0.39 is 0 Å². The summed E-state index contributed by atoms with van der Waals surface area (Å²) < 4.78 is 6.73. The maximum absolute atomic E-state index is 8.58. The molecule has 0 bridgehead atoms. The van der Waals surface area contributed by atoms with Crippen LogP contribution in [0.3, 0.4) is 0 Å². The lowest BCUT2D eigenvalue weighted by molar-refractivity contribution is 0.306. The average Bonchev–Trinajstić information content (AvgIpc) is 2.38. The number of rotatable bonds is 4. The Balaban J connectivity index is 1.96. The van der Waals surface area contributed by atoms with Gasteiger partial charge in [0.2, 0.25) is 0 Å². The van der Waals surface area contributed by atoms with Crippen LogP contribution < -0.4 is 4.74 Å². The molecule has 0 unspecified atom stereocenters. The van der Waals surface area contributed by atoms with E-state index in [2.05, 4.69) is 22.0 Å². The van der Waals surface area contributed by atoms with Gasteiger partial charge in [-0.3, -0.25) is 0 Å². The van der Waals surface area contributed by atoms with Crippen LogP contribution in [0.15, 0.2) is 53.0 Å². The molecule has 3 heteroatoms. The molecule has 0 aliphatic heterocycles. The molecule has 0 heterocycles. The van der Waals surface area contributed by atoms with Gasteiger partial charge in [0, 0.05) is 4.47 Å². The Hall–Kier alpha value is -1.79. The molecule has 2 rings (SSSR count). The molecule has 90 valence electrons. The minimum atomic E-state index is 0.436. The third-order valence-electron chi connectivity index (χ3n) is 2.50. The molecule has 0 N–H and O–H groups in total. The van der Waals surface area contributed by atoms with Gasteiger partial charge in [0.15, 0.2) is 0 Å². The number of benzene rings is 2. The van der Waals surface area contributed by atoms with Gasteiger partial charge in [-0.2, -0.15) is 5.26 Å². The third kappa shape index (κ3) is 3.61. The average molecular weight is 302 g/mol. The van der Waals surface area contributed by atoms with Crippen LogP contribution in [0.5, 0.6) is 5.75 Å². The molecule has 0 aliphatic rings. The monoisotopic (exact) mass is 301 g/mol. The fourth-order valence-corrected chi connectivity index (χ4v) is 2.03. The van der Waals surface area contributed by atoms with Crippen LogP contribution >= 0.6 is 15.9 Å². The van der Waals surface area contributed by atoms with Gasteiger partial charge < -0.3 is 4.74 Å². The van der Waals surface area contributed by atoms with Crippen molar-refractivity contribution < 1.29 is 4.74 Å². The molecular formula is C15H12BrNO. The molecule has 18 heavy (non-hydrogen) atoms. The highest BCUT2D eigenvalue weighted by Gasteiger charge is 1.97. The lowest BCUT2D eigenvalue weighted by Gasteiger charge is -2.07. The lowest BCUT2D eigenvalue weighted by Crippen LogP contribution is -1.95. The number of nitrogens with zero attached hydrogens (tertiary/aromatic N) is 1. The second-order valence-electron chi connectivity index (χ2n) is 3.90. The summed E-state index contributed by atoms with van der Waals surface area (Å²) in [5.74, 6) is 0.816. The molecule has 2 aromatic rings. The van der Waals surface area contributed by atoms with Crippen LogP contribution in [0, 0.1) is 11.3 Å². The summed E-state index contributed by atoms with van der Waals surface area (Å²) in [5.41, 5.74) is 2.12. The minimum Gasteiger partial charge on any atom is -0.489 e. The topological polar surface area (TPSA) is 33.0 Å². The van der Waals surface area contributed by atoms with Crippen molar-refractivity contribution >= 4 is 15.9 Å². The first-order valence-electron chi connectivity index (χ1n) is 5.61. The number of nitriles is 1. The maximum Gasteiger partial charge on any atom is 0.119 e. The van der Waals surface area contributed by atoms with Gasteiger partial charge in [0.25, 0.3) is 0 Å². The summed E-state index contributed by atoms with van der Waals surface area (Å²) >= 11 is 3.43. The first-order valence-corrected chi connectivity index (χ1v) is 6.40. The van der Waals surface area contributed by atoms with E-state index in [-0.39, 0.29) is 0 Å². The van der Waals surface area contributed by atoms with E-state index in [1.807, 2.05) is 48.5 Å². The van der Waals surface area contributed by atoms with Gasteiger partial charge >= 0.3 is 0 Å². The Bertz CT molecular complexity index is 557. The molecule has 0 radical (unpaired) electrons. The van der Waals surface area contributed by atoms with Crippen LogP contribution in [-0.4, -0.2) is 0 Å². The lowest BCUT2D eigenvalue weighted by atomic mass is 10.2. The smallest absolute Gasteiger partial charge is 0.119 e. The predicted molar refractivity (Wildman–Crippen MR) is 74.2 cm³/mol. The molecule has 0 fully saturated rings. The predicted octanol–water partition coefficient (Wildman–Crippen LogP) is 4.09. The standard InChI is InChI=1S/C15H12BrNO/c16-14-3-1-2-13(10-14)11-18-15-6-4-12(5-7-15)8-9-17/h1-7,10H,8,11H2. The number of hydrogen-bond donors (Lipinski definition) is 0. The first-order chi connectivity index (χ1) is 8.78. The molecule has 0 saturated heterocycles. The van der Waals surface area contributed by atoms with Gasteiger partial charge in [-0.1, -0.05) is 40.2 Å². The van der Waals surface area contributed by atoms with E-state index in [0.717, 1.165) is 21.3 Å². The van der Waals surface area contributed by atoms with Crippen molar-refractivity contribution in [2.24, 2.45) is 0 Å². The Morgan fingerprint density at radius 3 is 2.50 bits per heavy atom. The second-order valence-corrected chi connectivity index (χ2v) is 4.81. The molecular weight excluding hydrogens is 290 g/mol. The van der Waals surface area contributed by atoms with Crippen molar-refractivity contribution in [1.82, 2.24) is 0 Å². The van der Waals surface area contributed by atoms with Crippen molar-refractivity contribution in [1.29, 1.82) is 5.26 Å². The van der Waals surface area contributed by atoms with E-state index in [1.54, 1.807) is 0 Å². The Kier molecular flexibility index (Phi) is 4.38. The van der Waals surface area contributed by atoms with Gasteiger partial charge in [0.1, 0.15) is 12.4 Å². The normalized spacial score (nSPS) is 9.78. The SMILES string of the molecule is N#CCc1ccc(OCc2cccc(Br)c2)cc1. The number of halogens is 1. The zero-order chi connectivity index (χ0) is 12.8. The van der Waals surface area contributed by atoms with E-state index in [1.165, 1.54) is 0 Å². The highest BCUT2D eigenvalue weighted by Crippen LogP contribution is 2.16. The van der Waals surface area contributed by atoms with E-state index in [0.29, 0.717) is 13.0 Å². The number of ether oxygens (including phenoxy) is 1. The van der Waals surface area contributed by atoms with Gasteiger partial charge in [-0.05, 0) is 35.4 Å². The van der Waals surface area contributed by atoms with Gasteiger partial charge in [-0.25, -0.2) is 0 Å². The molecule has 0 aliphatic carbocycles. The summed E-state index contributed by atoms with van der Waals surface area (Å²) in [6.07, 6.45) is 0.436. The zero-order valence-corrected chi connectivity index (χ0v) is 11.4. The van der Waals surface area contributed by atoms with Gasteiger partial charge in [-0.15, -0.1) is 0 Å². The molecule has 0 atom stereocenters. The number of hydrogen-bond acceptors (Lipinski definition) is 2. The van der Waals surface area contributed by atoms with Crippen molar-refractivity contribution in [3.05, 3.63) is 64.1 Å². The van der Waals surface area contributed by atoms with Crippen molar-refractivity contribution in [3.63, 3.8) is 0 Å². The summed E-state index contributed by atoms with van der Waals surface area (Å²) in [4.78, 5) is 0. The van der Waals surface area contributed by atoms with Crippen LogP contribution in [0.25, 0.3) is 0 Å². The summed E-state index contributed by atoms with van der Waals surface area (Å²) in [6.45, 7) is 0.539. The van der Waals surface area contributed by atoms with E-state index in [4.69, 9.17) is 10.00 Å². The largest absolute Gasteiger partial charge is 0.489 e. The van der Waals surface area contributed by atoms with Crippen LogP contribution in [0.4, 0.5) is 0 Å². The third-order valence-corrected chi connectivity index (χ3v) is 2.99. The van der Waals surface area contributed by atoms with Crippen molar-refractivity contribution in [3.8, 4) is 11.8 Å². The van der Waals surface area contributed by atoms with Crippen LogP contribution in [0.1, 0.15) is 11.1 Å². The fraction of sp³-hybridized carbons (Fsp3) is 0.133. The first kappa shape index (κ1) is 12.7. The maximum atomic E-state index is 8.58. The summed E-state index contributed by atoms with van der Waals surface area (Å²) in [7, 11) is 0. The molecule has 2 aromatic carbocycles. The highest BCUT2D eigenvalue weighted by atomic mass is 79.9. The van der Waals surface area contributed by atoms with Crippen LogP contribution in [0.2, 0.25) is 0 Å². The summed E-state index contributed by atoms with van der Waals surface area (Å²) in [6, 6.07) is 17.8. The Labute approximate surface area is 115 Å². The second kappa shape index (κ2) is 6.23. The Morgan fingerprint density at radius 1 is 1.06 bits per heavy atom. The van der Waals surface area contributed by atoms with Gasteiger partial charge in [0.05, 0.1) is 12.5 Å². The van der Waals surface area contributed by atoms with Crippen LogP contribution in [-0.2, 0) is 13.0 Å². The molecule has 0 saturated carbocycles. The molecule has 0 aromatic heterocycles. The van der Waals surface area contributed by atoms with E-state index >= 15 is 0 Å². The molecule has 0 amide bonds. The molecule has 2 nitrogen and oxygen atoms in total. The quantitative estimate of drug-likeness (QED) is 0.852. The van der Waals surface area contributed by atoms with E-state index in [9.17, 15) is 0 Å². The Morgan fingerprint density at radius 2 is 1.83 bits per heavy atom. The van der Waals surface area contributed by atoms with Crippen molar-refractivity contribution in [2.75, 3.05) is 0 Å².